The Morgan fingerprint density at radius 3 is 2.86 bits per heavy atom. The van der Waals surface area contributed by atoms with Gasteiger partial charge in [-0.15, -0.1) is 0 Å². The molecule has 0 aromatic carbocycles. The molecule has 0 unspecified atom stereocenters. The fourth-order valence-electron chi connectivity index (χ4n) is 3.60. The Morgan fingerprint density at radius 1 is 1.28 bits per heavy atom. The summed E-state index contributed by atoms with van der Waals surface area (Å²) in [6, 6.07) is 2.60. The number of carbonyl (C=O) groups is 2. The molecular weight excluding hydrogens is 374 g/mol. The molecule has 1 atom stereocenters. The van der Waals surface area contributed by atoms with Gasteiger partial charge in [0, 0.05) is 38.6 Å². The molecule has 2 aromatic heterocycles. The minimum atomic E-state index is -0.863. The van der Waals surface area contributed by atoms with Gasteiger partial charge < -0.3 is 14.8 Å². The smallest absolute Gasteiger partial charge is 0.289 e. The van der Waals surface area contributed by atoms with Gasteiger partial charge in [-0.1, -0.05) is 0 Å². The number of carbonyl (C=O) groups excluding carboxylic acids is 2. The molecule has 9 nitrogen and oxygen atoms in total. The van der Waals surface area contributed by atoms with E-state index in [-0.39, 0.29) is 24.3 Å². The Balaban J connectivity index is 1.51. The van der Waals surface area contributed by atoms with Crippen LogP contribution in [-0.2, 0) is 9.53 Å². The highest BCUT2D eigenvalue weighted by Gasteiger charge is 2.32. The zero-order chi connectivity index (χ0) is 20.4. The molecular formula is C20H23N5O4. The maximum atomic E-state index is 12.8. The van der Waals surface area contributed by atoms with E-state index in [4.69, 9.17) is 9.47 Å². The average molecular weight is 397 g/mol. The molecule has 2 amide bonds. The number of likely N-dealkylation sites (N-methyl/N-ethyl adjacent to an activating group) is 1. The van der Waals surface area contributed by atoms with E-state index in [0.717, 1.165) is 24.1 Å². The average Bonchev–Trinajstić information content (AvgIpc) is 2.87. The largest absolute Gasteiger partial charge is 0.487 e. The maximum absolute atomic E-state index is 12.8. The predicted molar refractivity (Wildman–Crippen MR) is 104 cm³/mol. The van der Waals surface area contributed by atoms with Crippen LogP contribution >= 0.6 is 0 Å². The van der Waals surface area contributed by atoms with Gasteiger partial charge in [0.05, 0.1) is 5.69 Å². The van der Waals surface area contributed by atoms with Crippen molar-refractivity contribution in [2.24, 2.45) is 0 Å². The Morgan fingerprint density at radius 2 is 2.07 bits per heavy atom. The number of hydrogen-bond donors (Lipinski definition) is 1. The van der Waals surface area contributed by atoms with Crippen molar-refractivity contribution in [3.05, 3.63) is 41.6 Å². The highest BCUT2D eigenvalue weighted by atomic mass is 16.5. The first-order valence-electron chi connectivity index (χ1n) is 9.62. The zero-order valence-electron chi connectivity index (χ0n) is 16.4. The monoisotopic (exact) mass is 397 g/mol. The summed E-state index contributed by atoms with van der Waals surface area (Å²) in [5.74, 6) is 0.386. The van der Waals surface area contributed by atoms with Crippen molar-refractivity contribution in [2.45, 2.75) is 31.7 Å². The van der Waals surface area contributed by atoms with Gasteiger partial charge in [0.2, 0.25) is 5.82 Å². The fourth-order valence-corrected chi connectivity index (χ4v) is 3.60. The summed E-state index contributed by atoms with van der Waals surface area (Å²) in [7, 11) is 1.60. The molecule has 0 spiro atoms. The van der Waals surface area contributed by atoms with E-state index in [9.17, 15) is 9.59 Å². The lowest BCUT2D eigenvalue weighted by Crippen LogP contribution is -2.49. The van der Waals surface area contributed by atoms with E-state index in [1.807, 2.05) is 6.92 Å². The summed E-state index contributed by atoms with van der Waals surface area (Å²) in [6.07, 6.45) is 4.97. The molecule has 2 aliphatic heterocycles. The molecule has 1 fully saturated rings. The molecule has 0 radical (unpaired) electrons. The first kappa shape index (κ1) is 19.3. The second kappa shape index (κ2) is 8.12. The summed E-state index contributed by atoms with van der Waals surface area (Å²) in [4.78, 5) is 39.8. The van der Waals surface area contributed by atoms with Crippen LogP contribution in [0.2, 0.25) is 0 Å². The van der Waals surface area contributed by atoms with Gasteiger partial charge in [-0.05, 0) is 37.5 Å². The minimum absolute atomic E-state index is 0.00624. The SMILES string of the molecule is Cc1cnc(C(=O)N[C@H]2COc3cccnc3N(C)C2=O)nc1C1CCOCC1. The first-order valence-corrected chi connectivity index (χ1v) is 9.62. The fraction of sp³-hybridized carbons (Fsp3) is 0.450. The van der Waals surface area contributed by atoms with Crippen LogP contribution in [0.1, 0.15) is 40.6 Å². The lowest BCUT2D eigenvalue weighted by atomic mass is 9.94. The van der Waals surface area contributed by atoms with Crippen molar-refractivity contribution < 1.29 is 19.1 Å². The molecule has 152 valence electrons. The van der Waals surface area contributed by atoms with Crippen molar-refractivity contribution in [1.82, 2.24) is 20.3 Å². The second-order valence-corrected chi connectivity index (χ2v) is 7.21. The molecule has 1 N–H and O–H groups in total. The van der Waals surface area contributed by atoms with E-state index < -0.39 is 11.9 Å². The van der Waals surface area contributed by atoms with Gasteiger partial charge >= 0.3 is 0 Å². The second-order valence-electron chi connectivity index (χ2n) is 7.21. The van der Waals surface area contributed by atoms with Crippen molar-refractivity contribution in [3.8, 4) is 5.75 Å². The van der Waals surface area contributed by atoms with Crippen LogP contribution in [0, 0.1) is 6.92 Å². The summed E-state index contributed by atoms with van der Waals surface area (Å²) >= 11 is 0. The number of fused-ring (bicyclic) bond motifs is 1. The number of ether oxygens (including phenoxy) is 2. The lowest BCUT2D eigenvalue weighted by Gasteiger charge is -2.23. The van der Waals surface area contributed by atoms with Crippen LogP contribution in [0.4, 0.5) is 5.82 Å². The number of aryl methyl sites for hydroxylation is 1. The molecule has 4 heterocycles. The zero-order valence-corrected chi connectivity index (χ0v) is 16.4. The van der Waals surface area contributed by atoms with Crippen LogP contribution < -0.4 is 15.0 Å². The van der Waals surface area contributed by atoms with Gasteiger partial charge in [0.1, 0.15) is 12.6 Å². The highest BCUT2D eigenvalue weighted by molar-refractivity contribution is 6.01. The van der Waals surface area contributed by atoms with E-state index in [2.05, 4.69) is 20.3 Å². The van der Waals surface area contributed by atoms with Gasteiger partial charge in [0.15, 0.2) is 11.6 Å². The van der Waals surface area contributed by atoms with Gasteiger partial charge in [-0.2, -0.15) is 0 Å². The van der Waals surface area contributed by atoms with Gasteiger partial charge in [-0.3, -0.25) is 14.5 Å². The Labute approximate surface area is 168 Å². The molecule has 0 bridgehead atoms. The number of rotatable bonds is 3. The van der Waals surface area contributed by atoms with Crippen LogP contribution in [0.3, 0.4) is 0 Å². The van der Waals surface area contributed by atoms with Crippen LogP contribution in [-0.4, -0.2) is 59.7 Å². The Bertz CT molecular complexity index is 929. The molecule has 2 aliphatic rings. The van der Waals surface area contributed by atoms with Crippen molar-refractivity contribution in [2.75, 3.05) is 31.8 Å². The molecule has 2 aromatic rings. The third kappa shape index (κ3) is 3.91. The molecule has 29 heavy (non-hydrogen) atoms. The van der Waals surface area contributed by atoms with Crippen LogP contribution in [0.5, 0.6) is 5.75 Å². The number of amides is 2. The normalized spacial score (nSPS) is 19.9. The number of nitrogens with zero attached hydrogens (tertiary/aromatic N) is 4. The number of nitrogens with one attached hydrogen (secondary N) is 1. The van der Waals surface area contributed by atoms with Crippen LogP contribution in [0.15, 0.2) is 24.5 Å². The van der Waals surface area contributed by atoms with Crippen LogP contribution in [0.25, 0.3) is 0 Å². The Kier molecular flexibility index (Phi) is 5.39. The Hall–Kier alpha value is -3.07. The first-order chi connectivity index (χ1) is 14.0. The maximum Gasteiger partial charge on any atom is 0.289 e. The molecule has 0 saturated carbocycles. The van der Waals surface area contributed by atoms with E-state index in [1.165, 1.54) is 4.90 Å². The number of hydrogen-bond acceptors (Lipinski definition) is 7. The summed E-state index contributed by atoms with van der Waals surface area (Å²) in [5, 5.41) is 2.71. The number of anilines is 1. The van der Waals surface area contributed by atoms with Gasteiger partial charge in [-0.25, -0.2) is 15.0 Å². The van der Waals surface area contributed by atoms with E-state index >= 15 is 0 Å². The quantitative estimate of drug-likeness (QED) is 0.830. The van der Waals surface area contributed by atoms with Crippen molar-refractivity contribution >= 4 is 17.6 Å². The topological polar surface area (TPSA) is 107 Å². The molecule has 4 rings (SSSR count). The number of aromatic nitrogens is 3. The van der Waals surface area contributed by atoms with Gasteiger partial charge in [0.25, 0.3) is 11.8 Å². The standard InChI is InChI=1S/C20H23N5O4/c1-12-10-22-17(24-16(12)13-5-8-28-9-6-13)19(26)23-14-11-29-15-4-3-7-21-18(15)25(2)20(14)27/h3-4,7,10,13-14H,5-6,8-9,11H2,1-2H3,(H,23,26)/t14-/m0/s1. The predicted octanol–water partition coefficient (Wildman–Crippen LogP) is 1.23. The third-order valence-corrected chi connectivity index (χ3v) is 5.23. The van der Waals surface area contributed by atoms with E-state index in [1.54, 1.807) is 31.6 Å². The highest BCUT2D eigenvalue weighted by Crippen LogP contribution is 2.28. The summed E-state index contributed by atoms with van der Waals surface area (Å²) in [6.45, 7) is 3.32. The van der Waals surface area contributed by atoms with Crippen molar-refractivity contribution in [1.29, 1.82) is 0 Å². The summed E-state index contributed by atoms with van der Waals surface area (Å²) < 4.78 is 11.1. The molecule has 0 aliphatic carbocycles. The summed E-state index contributed by atoms with van der Waals surface area (Å²) in [5.41, 5.74) is 1.81. The number of pyridine rings is 1. The minimum Gasteiger partial charge on any atom is -0.487 e. The van der Waals surface area contributed by atoms with E-state index in [0.29, 0.717) is 24.8 Å². The molecule has 1 saturated heterocycles. The third-order valence-electron chi connectivity index (χ3n) is 5.23. The lowest BCUT2D eigenvalue weighted by molar-refractivity contribution is -0.120. The van der Waals surface area contributed by atoms with Crippen molar-refractivity contribution in [3.63, 3.8) is 0 Å². The molecule has 9 heteroatoms.